The molecular formula is C19H22N2O4S2. The van der Waals surface area contributed by atoms with Crippen LogP contribution in [0.1, 0.15) is 5.56 Å². The third-order valence-electron chi connectivity index (χ3n) is 3.09. The molecule has 1 rings (SSSR count). The molecule has 144 valence electrons. The average Bonchev–Trinajstić information content (AvgIpc) is 2.67. The summed E-state index contributed by atoms with van der Waals surface area (Å²) in [4.78, 5) is 23.7. The van der Waals surface area contributed by atoms with Gasteiger partial charge in [-0.05, 0) is 17.7 Å². The number of ether oxygens (including phenoxy) is 2. The van der Waals surface area contributed by atoms with Gasteiger partial charge in [-0.25, -0.2) is 4.79 Å². The molecule has 0 amide bonds. The second-order valence-electron chi connectivity index (χ2n) is 5.32. The summed E-state index contributed by atoms with van der Waals surface area (Å²) in [5.41, 5.74) is 12.2. The van der Waals surface area contributed by atoms with Gasteiger partial charge in [0.25, 0.3) is 0 Å². The minimum atomic E-state index is -0.752. The topological polar surface area (TPSA) is 105 Å². The Kier molecular flexibility index (Phi) is 11.2. The van der Waals surface area contributed by atoms with E-state index in [-0.39, 0.29) is 6.61 Å². The van der Waals surface area contributed by atoms with E-state index in [9.17, 15) is 9.59 Å². The molecule has 0 saturated heterocycles. The van der Waals surface area contributed by atoms with Crippen LogP contribution in [0.3, 0.4) is 0 Å². The molecule has 8 heteroatoms. The van der Waals surface area contributed by atoms with Gasteiger partial charge in [-0.15, -0.1) is 36.4 Å². The second-order valence-corrected chi connectivity index (χ2v) is 7.38. The van der Waals surface area contributed by atoms with Crippen LogP contribution in [0.4, 0.5) is 0 Å². The molecule has 0 aliphatic carbocycles. The first-order valence-electron chi connectivity index (χ1n) is 7.98. The van der Waals surface area contributed by atoms with Crippen molar-refractivity contribution in [3.63, 3.8) is 0 Å². The number of terminal acetylenes is 2. The average molecular weight is 407 g/mol. The number of esters is 2. The van der Waals surface area contributed by atoms with Crippen LogP contribution in [-0.4, -0.2) is 47.0 Å². The van der Waals surface area contributed by atoms with Crippen LogP contribution in [0.25, 0.3) is 0 Å². The quantitative estimate of drug-likeness (QED) is 0.243. The molecule has 27 heavy (non-hydrogen) atoms. The fourth-order valence-electron chi connectivity index (χ4n) is 1.73. The van der Waals surface area contributed by atoms with Crippen molar-refractivity contribution in [2.24, 2.45) is 11.5 Å². The van der Waals surface area contributed by atoms with Crippen molar-refractivity contribution in [2.75, 3.05) is 23.0 Å². The van der Waals surface area contributed by atoms with Crippen molar-refractivity contribution >= 4 is 35.5 Å². The molecule has 2 unspecified atom stereocenters. The van der Waals surface area contributed by atoms with Gasteiger partial charge in [-0.1, -0.05) is 24.0 Å². The number of carbonyl (C=O) groups excluding carboxylic acids is 2. The smallest absolute Gasteiger partial charge is 0.329 e. The molecule has 0 fully saturated rings. The first-order valence-corrected chi connectivity index (χ1v) is 10.3. The van der Waals surface area contributed by atoms with Crippen molar-refractivity contribution < 1.29 is 19.1 Å². The zero-order valence-electron chi connectivity index (χ0n) is 14.8. The van der Waals surface area contributed by atoms with E-state index in [4.69, 9.17) is 33.8 Å². The third kappa shape index (κ3) is 9.41. The fourth-order valence-corrected chi connectivity index (χ4v) is 2.98. The highest BCUT2D eigenvalue weighted by atomic mass is 32.2. The summed E-state index contributed by atoms with van der Waals surface area (Å²) in [6.07, 6.45) is 10.3. The number of rotatable bonds is 11. The zero-order valence-corrected chi connectivity index (χ0v) is 16.4. The van der Waals surface area contributed by atoms with Crippen LogP contribution in [0.2, 0.25) is 0 Å². The van der Waals surface area contributed by atoms with Gasteiger partial charge in [0.05, 0.1) is 11.5 Å². The number of nitrogens with two attached hydrogens (primary N) is 2. The molecule has 0 radical (unpaired) electrons. The maximum atomic E-state index is 11.9. The monoisotopic (exact) mass is 406 g/mol. The summed E-state index contributed by atoms with van der Waals surface area (Å²) in [5.74, 6) is 6.02. The lowest BCUT2D eigenvalue weighted by Gasteiger charge is -2.12. The first kappa shape index (κ1) is 22.9. The van der Waals surface area contributed by atoms with E-state index in [1.54, 1.807) is 24.3 Å². The highest BCUT2D eigenvalue weighted by molar-refractivity contribution is 7.99. The molecule has 6 nitrogen and oxygen atoms in total. The maximum Gasteiger partial charge on any atom is 0.329 e. The van der Waals surface area contributed by atoms with E-state index >= 15 is 0 Å². The Morgan fingerprint density at radius 2 is 1.48 bits per heavy atom. The molecule has 1 aromatic carbocycles. The van der Waals surface area contributed by atoms with Crippen LogP contribution in [-0.2, 0) is 20.9 Å². The number of hydrogen-bond donors (Lipinski definition) is 2. The second kappa shape index (κ2) is 13.1. The minimum absolute atomic E-state index is 0.0722. The molecule has 0 bridgehead atoms. The molecule has 0 heterocycles. The molecule has 0 spiro atoms. The van der Waals surface area contributed by atoms with E-state index in [1.807, 2.05) is 0 Å². The van der Waals surface area contributed by atoms with Crippen LogP contribution in [0.15, 0.2) is 24.3 Å². The molecule has 0 aliphatic rings. The van der Waals surface area contributed by atoms with Gasteiger partial charge in [0.2, 0.25) is 0 Å². The summed E-state index contributed by atoms with van der Waals surface area (Å²) in [5, 5.41) is 0. The number of hydrogen-bond acceptors (Lipinski definition) is 8. The standard InChI is InChI=1S/C19H22N2O4S2/c1-3-9-26-12-16(20)18(22)24-11-14-5-7-15(8-6-14)25-19(23)17(21)13-27-10-4-2/h1-2,5-8,16-17H,9-13,20-21H2. The Morgan fingerprint density at radius 3 is 2.00 bits per heavy atom. The SMILES string of the molecule is C#CCSCC(N)C(=O)OCc1ccc(OC(=O)C(N)CSCC#C)cc1. The van der Waals surface area contributed by atoms with Crippen molar-refractivity contribution in [1.82, 2.24) is 0 Å². The Morgan fingerprint density at radius 1 is 0.963 bits per heavy atom. The Balaban J connectivity index is 2.41. The van der Waals surface area contributed by atoms with Gasteiger partial charge in [0.1, 0.15) is 24.4 Å². The summed E-state index contributed by atoms with van der Waals surface area (Å²) in [7, 11) is 0. The first-order chi connectivity index (χ1) is 13.0. The molecule has 0 aromatic heterocycles. The summed E-state index contributed by atoms with van der Waals surface area (Å²) in [6.45, 7) is 0.0722. The molecule has 0 aliphatic heterocycles. The lowest BCUT2D eigenvalue weighted by molar-refractivity contribution is -0.145. The Hall–Kier alpha value is -2.10. The van der Waals surface area contributed by atoms with Crippen molar-refractivity contribution in [2.45, 2.75) is 18.7 Å². The lowest BCUT2D eigenvalue weighted by atomic mass is 10.2. The fraction of sp³-hybridized carbons (Fsp3) is 0.368. The molecule has 0 saturated carbocycles. The lowest BCUT2D eigenvalue weighted by Crippen LogP contribution is -2.36. The van der Waals surface area contributed by atoms with Crippen molar-refractivity contribution in [1.29, 1.82) is 0 Å². The van der Waals surface area contributed by atoms with Gasteiger partial charge >= 0.3 is 11.9 Å². The number of carbonyl (C=O) groups is 2. The van der Waals surface area contributed by atoms with E-state index < -0.39 is 24.0 Å². The van der Waals surface area contributed by atoms with Crippen LogP contribution >= 0.6 is 23.5 Å². The molecular weight excluding hydrogens is 384 g/mol. The molecule has 4 N–H and O–H groups in total. The van der Waals surface area contributed by atoms with E-state index in [0.29, 0.717) is 28.8 Å². The third-order valence-corrected chi connectivity index (χ3v) is 5.03. The summed E-state index contributed by atoms with van der Waals surface area (Å²) >= 11 is 2.78. The number of benzene rings is 1. The Bertz CT molecular complexity index is 695. The van der Waals surface area contributed by atoms with Gasteiger partial charge in [0.15, 0.2) is 0 Å². The normalized spacial score (nSPS) is 12.3. The van der Waals surface area contributed by atoms with Crippen LogP contribution < -0.4 is 16.2 Å². The highest BCUT2D eigenvalue weighted by Gasteiger charge is 2.17. The Labute approximate surface area is 168 Å². The maximum absolute atomic E-state index is 11.9. The van der Waals surface area contributed by atoms with E-state index in [0.717, 1.165) is 5.56 Å². The predicted molar refractivity (Wildman–Crippen MR) is 110 cm³/mol. The van der Waals surface area contributed by atoms with Crippen molar-refractivity contribution in [3.8, 4) is 30.4 Å². The summed E-state index contributed by atoms with van der Waals surface area (Å²) in [6, 6.07) is 5.10. The molecule has 1 aromatic rings. The van der Waals surface area contributed by atoms with Gasteiger partial charge in [0, 0.05) is 11.5 Å². The zero-order chi connectivity index (χ0) is 20.1. The van der Waals surface area contributed by atoms with Crippen molar-refractivity contribution in [3.05, 3.63) is 29.8 Å². The van der Waals surface area contributed by atoms with Gasteiger partial charge in [-0.2, -0.15) is 0 Å². The highest BCUT2D eigenvalue weighted by Crippen LogP contribution is 2.14. The summed E-state index contributed by atoms with van der Waals surface area (Å²) < 4.78 is 10.4. The largest absolute Gasteiger partial charge is 0.460 e. The predicted octanol–water partition coefficient (Wildman–Crippen LogP) is 1.02. The number of thioether (sulfide) groups is 2. The van der Waals surface area contributed by atoms with Crippen LogP contribution in [0.5, 0.6) is 5.75 Å². The van der Waals surface area contributed by atoms with E-state index in [2.05, 4.69) is 11.8 Å². The van der Waals surface area contributed by atoms with Gasteiger partial charge < -0.3 is 20.9 Å². The molecule has 2 atom stereocenters. The van der Waals surface area contributed by atoms with Gasteiger partial charge in [-0.3, -0.25) is 4.79 Å². The van der Waals surface area contributed by atoms with E-state index in [1.165, 1.54) is 23.5 Å². The van der Waals surface area contributed by atoms with Crippen LogP contribution in [0, 0.1) is 24.7 Å². The minimum Gasteiger partial charge on any atom is -0.460 e.